The molecule has 3 aromatic rings. The van der Waals surface area contributed by atoms with Crippen LogP contribution in [0.15, 0.2) is 42.5 Å². The van der Waals surface area contributed by atoms with Crippen LogP contribution in [0.3, 0.4) is 0 Å². The average molecular weight is 381 g/mol. The number of hydrogen-bond donors (Lipinski definition) is 1. The number of nitrogens with zero attached hydrogens (tertiary/aromatic N) is 2. The molecule has 6 nitrogen and oxygen atoms in total. The van der Waals surface area contributed by atoms with Crippen molar-refractivity contribution in [3.63, 3.8) is 0 Å². The van der Waals surface area contributed by atoms with Gasteiger partial charge in [-0.05, 0) is 37.3 Å². The van der Waals surface area contributed by atoms with Gasteiger partial charge < -0.3 is 15.0 Å². The standard InChI is InChI=1S/C20H19N3O3S/c1-12(24)13-4-3-5-15(8-13)21-19(25)14-10-23(11-14)20-22-17-7-6-16(26-2)9-18(17)27-20/h3-9,14H,10-11H2,1-2H3,(H,21,25). The van der Waals surface area contributed by atoms with Crippen LogP contribution < -0.4 is 15.0 Å². The van der Waals surface area contributed by atoms with Crippen molar-refractivity contribution in [2.24, 2.45) is 5.92 Å². The molecule has 1 aliphatic rings. The van der Waals surface area contributed by atoms with Gasteiger partial charge in [-0.2, -0.15) is 0 Å². The summed E-state index contributed by atoms with van der Waals surface area (Å²) in [5.41, 5.74) is 2.18. The van der Waals surface area contributed by atoms with Gasteiger partial charge in [0.15, 0.2) is 10.9 Å². The first-order valence-corrected chi connectivity index (χ1v) is 9.46. The molecule has 1 saturated heterocycles. The number of carbonyl (C=O) groups is 2. The van der Waals surface area contributed by atoms with Gasteiger partial charge in [0.05, 0.1) is 23.2 Å². The maximum absolute atomic E-state index is 12.5. The minimum atomic E-state index is -0.0902. The van der Waals surface area contributed by atoms with E-state index in [4.69, 9.17) is 4.74 Å². The van der Waals surface area contributed by atoms with Crippen molar-refractivity contribution in [3.05, 3.63) is 48.0 Å². The number of benzene rings is 2. The molecule has 0 unspecified atom stereocenters. The fourth-order valence-corrected chi connectivity index (χ4v) is 4.03. The molecule has 4 rings (SSSR count). The van der Waals surface area contributed by atoms with Gasteiger partial charge in [0.1, 0.15) is 5.75 Å². The Morgan fingerprint density at radius 2 is 2.04 bits per heavy atom. The lowest BCUT2D eigenvalue weighted by atomic mass is 10.00. The lowest BCUT2D eigenvalue weighted by molar-refractivity contribution is -0.120. The van der Waals surface area contributed by atoms with Crippen molar-refractivity contribution in [1.29, 1.82) is 0 Å². The Balaban J connectivity index is 1.39. The molecule has 1 aromatic heterocycles. The van der Waals surface area contributed by atoms with Gasteiger partial charge >= 0.3 is 0 Å². The molecule has 0 radical (unpaired) electrons. The second-order valence-electron chi connectivity index (χ2n) is 6.56. The molecule has 1 aliphatic heterocycles. The smallest absolute Gasteiger partial charge is 0.231 e. The first-order chi connectivity index (χ1) is 13.0. The SMILES string of the molecule is COc1ccc2nc(N3CC(C(=O)Nc4cccc(C(C)=O)c4)C3)sc2c1. The lowest BCUT2D eigenvalue weighted by Crippen LogP contribution is -2.52. The van der Waals surface area contributed by atoms with Gasteiger partial charge in [0.25, 0.3) is 0 Å². The van der Waals surface area contributed by atoms with Gasteiger partial charge in [-0.25, -0.2) is 4.98 Å². The van der Waals surface area contributed by atoms with Gasteiger partial charge in [0, 0.05) is 24.3 Å². The molecule has 1 amide bonds. The van der Waals surface area contributed by atoms with Crippen molar-refractivity contribution >= 4 is 44.1 Å². The minimum Gasteiger partial charge on any atom is -0.497 e. The summed E-state index contributed by atoms with van der Waals surface area (Å²) >= 11 is 1.60. The third kappa shape index (κ3) is 3.50. The average Bonchev–Trinajstić information content (AvgIpc) is 3.02. The number of aromatic nitrogens is 1. The highest BCUT2D eigenvalue weighted by Crippen LogP contribution is 2.34. The highest BCUT2D eigenvalue weighted by Gasteiger charge is 2.34. The van der Waals surface area contributed by atoms with Crippen LogP contribution in [0.25, 0.3) is 10.2 Å². The van der Waals surface area contributed by atoms with Gasteiger partial charge in [-0.3, -0.25) is 9.59 Å². The van der Waals surface area contributed by atoms with Gasteiger partial charge in [-0.1, -0.05) is 23.5 Å². The number of fused-ring (bicyclic) bond motifs is 1. The normalized spacial score (nSPS) is 14.1. The van der Waals surface area contributed by atoms with Crippen molar-refractivity contribution < 1.29 is 14.3 Å². The molecular formula is C20H19N3O3S. The van der Waals surface area contributed by atoms with Gasteiger partial charge in [-0.15, -0.1) is 0 Å². The van der Waals surface area contributed by atoms with E-state index < -0.39 is 0 Å². The second-order valence-corrected chi connectivity index (χ2v) is 7.57. The number of thiazole rings is 1. The van der Waals surface area contributed by atoms with E-state index in [9.17, 15) is 9.59 Å². The highest BCUT2D eigenvalue weighted by atomic mass is 32.1. The first kappa shape index (κ1) is 17.5. The Hall–Kier alpha value is -2.93. The number of anilines is 2. The summed E-state index contributed by atoms with van der Waals surface area (Å²) < 4.78 is 6.32. The zero-order valence-corrected chi connectivity index (χ0v) is 15.9. The number of amides is 1. The van der Waals surface area contributed by atoms with E-state index in [1.807, 2.05) is 18.2 Å². The summed E-state index contributed by atoms with van der Waals surface area (Å²) in [5, 5.41) is 3.82. The number of hydrogen-bond acceptors (Lipinski definition) is 6. The maximum Gasteiger partial charge on any atom is 0.231 e. The molecule has 27 heavy (non-hydrogen) atoms. The summed E-state index contributed by atoms with van der Waals surface area (Å²) in [6.07, 6.45) is 0. The number of ether oxygens (including phenoxy) is 1. The molecule has 0 aliphatic carbocycles. The zero-order chi connectivity index (χ0) is 19.0. The lowest BCUT2D eigenvalue weighted by Gasteiger charge is -2.37. The third-order valence-corrected chi connectivity index (χ3v) is 5.72. The number of nitrogens with one attached hydrogen (secondary N) is 1. The van der Waals surface area contributed by atoms with Crippen LogP contribution in [0, 0.1) is 5.92 Å². The van der Waals surface area contributed by atoms with E-state index in [0.717, 1.165) is 21.1 Å². The van der Waals surface area contributed by atoms with Crippen molar-refractivity contribution in [1.82, 2.24) is 4.98 Å². The number of ketones is 1. The number of rotatable bonds is 5. The van der Waals surface area contributed by atoms with Crippen LogP contribution in [0.4, 0.5) is 10.8 Å². The Kier molecular flexibility index (Phi) is 4.53. The van der Waals surface area contributed by atoms with E-state index in [1.165, 1.54) is 6.92 Å². The minimum absolute atomic E-state index is 0.0200. The third-order valence-electron chi connectivity index (χ3n) is 4.64. The summed E-state index contributed by atoms with van der Waals surface area (Å²) in [6, 6.07) is 12.8. The van der Waals surface area contributed by atoms with Crippen molar-refractivity contribution in [3.8, 4) is 5.75 Å². The molecule has 0 saturated carbocycles. The zero-order valence-electron chi connectivity index (χ0n) is 15.1. The summed E-state index contributed by atoms with van der Waals surface area (Å²) in [5.74, 6) is 0.669. The fraction of sp³-hybridized carbons (Fsp3) is 0.250. The van der Waals surface area contributed by atoms with Crippen molar-refractivity contribution in [2.45, 2.75) is 6.92 Å². The Bertz CT molecular complexity index is 1020. The van der Waals surface area contributed by atoms with Crippen LogP contribution in [0.2, 0.25) is 0 Å². The van der Waals surface area contributed by atoms with E-state index >= 15 is 0 Å². The summed E-state index contributed by atoms with van der Waals surface area (Å²) in [4.78, 5) is 30.7. The summed E-state index contributed by atoms with van der Waals surface area (Å²) in [7, 11) is 1.65. The highest BCUT2D eigenvalue weighted by molar-refractivity contribution is 7.22. The molecular weight excluding hydrogens is 362 g/mol. The predicted molar refractivity (Wildman–Crippen MR) is 107 cm³/mol. The molecule has 0 spiro atoms. The second kappa shape index (κ2) is 7.00. The molecule has 1 N–H and O–H groups in total. The Morgan fingerprint density at radius 3 is 2.78 bits per heavy atom. The number of Topliss-reactive ketones (excluding diaryl/α,β-unsaturated/α-hetero) is 1. The number of carbonyl (C=O) groups excluding carboxylic acids is 2. The quantitative estimate of drug-likeness (QED) is 0.684. The Labute approximate surface area is 160 Å². The molecule has 0 atom stereocenters. The van der Waals surface area contributed by atoms with Crippen molar-refractivity contribution in [2.75, 3.05) is 30.4 Å². The first-order valence-electron chi connectivity index (χ1n) is 8.65. The molecule has 2 aromatic carbocycles. The summed E-state index contributed by atoms with van der Waals surface area (Å²) in [6.45, 7) is 2.78. The van der Waals surface area contributed by atoms with Crippen LogP contribution in [-0.2, 0) is 4.79 Å². The van der Waals surface area contributed by atoms with E-state index in [1.54, 1.807) is 42.7 Å². The number of methoxy groups -OCH3 is 1. The molecule has 7 heteroatoms. The van der Waals surface area contributed by atoms with E-state index in [0.29, 0.717) is 24.3 Å². The van der Waals surface area contributed by atoms with E-state index in [-0.39, 0.29) is 17.6 Å². The molecule has 138 valence electrons. The van der Waals surface area contributed by atoms with Crippen LogP contribution in [-0.4, -0.2) is 36.9 Å². The van der Waals surface area contributed by atoms with Crippen LogP contribution in [0.1, 0.15) is 17.3 Å². The molecule has 1 fully saturated rings. The fourth-order valence-electron chi connectivity index (χ4n) is 3.02. The topological polar surface area (TPSA) is 71.5 Å². The molecule has 2 heterocycles. The van der Waals surface area contributed by atoms with Crippen LogP contribution in [0.5, 0.6) is 5.75 Å². The van der Waals surface area contributed by atoms with Gasteiger partial charge in [0.2, 0.25) is 5.91 Å². The van der Waals surface area contributed by atoms with Crippen LogP contribution >= 0.6 is 11.3 Å². The Morgan fingerprint density at radius 1 is 1.22 bits per heavy atom. The maximum atomic E-state index is 12.5. The van der Waals surface area contributed by atoms with E-state index in [2.05, 4.69) is 15.2 Å². The monoisotopic (exact) mass is 381 g/mol. The predicted octanol–water partition coefficient (Wildman–Crippen LogP) is 3.58. The largest absolute Gasteiger partial charge is 0.497 e. The molecule has 0 bridgehead atoms.